The maximum atomic E-state index is 14.5. The Morgan fingerprint density at radius 2 is 1.42 bits per heavy atom. The Kier molecular flexibility index (Phi) is 15.7. The molecule has 0 saturated heterocycles. The van der Waals surface area contributed by atoms with Crippen LogP contribution in [0.4, 0.5) is 0 Å². The molecule has 0 bridgehead atoms. The zero-order valence-corrected chi connectivity index (χ0v) is 32.4. The molecule has 4 unspecified atom stereocenters. The standard InChI is InChI=1S/C39H59NO9Si/c1-9-11-21-35(42)38(4,10-2)28-39(5,37(44)49-23-16-25-50(45-6,46-7)47-8)27-30(26-29(3)36(43)48-24-22-41)40-33-19-14-12-17-31(33)32-18-13-15-20-34(32)40/h12-15,17-20,29-30,41H,9-11,16,21-28H2,1-8H3. The SMILES string of the molecule is CCCCC(=O)C(C)(CC)CC(C)(CC(CC(C)C(=O)OCCO)n1c2ccccc2c2ccccc21)C(=O)OCCC[Si](OC)(OC)OC. The van der Waals surface area contributed by atoms with Gasteiger partial charge in [0.1, 0.15) is 12.4 Å². The zero-order valence-electron chi connectivity index (χ0n) is 31.4. The number of fused-ring (bicyclic) bond motifs is 3. The van der Waals surface area contributed by atoms with Crippen LogP contribution >= 0.6 is 0 Å². The van der Waals surface area contributed by atoms with E-state index in [0.29, 0.717) is 44.6 Å². The summed E-state index contributed by atoms with van der Waals surface area (Å²) in [5, 5.41) is 11.5. The maximum Gasteiger partial charge on any atom is 0.500 e. The first kappa shape index (κ1) is 41.3. The molecule has 3 aromatic rings. The van der Waals surface area contributed by atoms with Crippen LogP contribution in [0.25, 0.3) is 21.8 Å². The fourth-order valence-electron chi connectivity index (χ4n) is 7.27. The molecule has 3 rings (SSSR count). The number of hydrogen-bond acceptors (Lipinski definition) is 9. The molecule has 0 aliphatic heterocycles. The van der Waals surface area contributed by atoms with Gasteiger partial charge in [0.15, 0.2) is 0 Å². The number of esters is 2. The Balaban J connectivity index is 2.12. The number of para-hydroxylation sites is 2. The molecular formula is C39H59NO9Si. The maximum absolute atomic E-state index is 14.5. The lowest BCUT2D eigenvalue weighted by Gasteiger charge is -2.39. The van der Waals surface area contributed by atoms with Crippen molar-refractivity contribution in [3.05, 3.63) is 48.5 Å². The quantitative estimate of drug-likeness (QED) is 0.0599. The van der Waals surface area contributed by atoms with E-state index < -0.39 is 31.5 Å². The summed E-state index contributed by atoms with van der Waals surface area (Å²) in [4.78, 5) is 41.4. The number of ketones is 1. The summed E-state index contributed by atoms with van der Waals surface area (Å²) in [6.07, 6.45) is 4.18. The van der Waals surface area contributed by atoms with Crippen molar-refractivity contribution in [2.24, 2.45) is 16.7 Å². The van der Waals surface area contributed by atoms with Crippen LogP contribution in [0.5, 0.6) is 0 Å². The third-order valence-corrected chi connectivity index (χ3v) is 13.1. The van der Waals surface area contributed by atoms with E-state index in [9.17, 15) is 19.5 Å². The number of benzene rings is 2. The number of aliphatic hydroxyl groups excluding tert-OH is 1. The van der Waals surface area contributed by atoms with Crippen molar-refractivity contribution in [3.8, 4) is 0 Å². The number of aromatic nitrogens is 1. The molecule has 0 amide bonds. The van der Waals surface area contributed by atoms with Crippen LogP contribution in [-0.2, 0) is 37.1 Å². The van der Waals surface area contributed by atoms with Gasteiger partial charge in [0.25, 0.3) is 0 Å². The molecule has 1 heterocycles. The minimum Gasteiger partial charge on any atom is -0.465 e. The molecule has 278 valence electrons. The molecule has 0 spiro atoms. The highest BCUT2D eigenvalue weighted by atomic mass is 28.4. The van der Waals surface area contributed by atoms with Gasteiger partial charge in [-0.3, -0.25) is 14.4 Å². The average Bonchev–Trinajstić information content (AvgIpc) is 3.47. The number of carbonyl (C=O) groups excluding carboxylic acids is 3. The van der Waals surface area contributed by atoms with E-state index >= 15 is 0 Å². The molecule has 1 aromatic heterocycles. The summed E-state index contributed by atoms with van der Waals surface area (Å²) in [5.41, 5.74) is 0.117. The number of Topliss-reactive ketones (excluding diaryl/α,β-unsaturated/α-hetero) is 1. The van der Waals surface area contributed by atoms with Crippen molar-refractivity contribution in [3.63, 3.8) is 0 Å². The Morgan fingerprint density at radius 1 is 0.840 bits per heavy atom. The van der Waals surface area contributed by atoms with Gasteiger partial charge < -0.3 is 32.4 Å². The van der Waals surface area contributed by atoms with Crippen molar-refractivity contribution in [1.29, 1.82) is 0 Å². The molecule has 50 heavy (non-hydrogen) atoms. The van der Waals surface area contributed by atoms with Gasteiger partial charge in [-0.05, 0) is 57.6 Å². The van der Waals surface area contributed by atoms with Gasteiger partial charge >= 0.3 is 20.7 Å². The molecule has 11 heteroatoms. The van der Waals surface area contributed by atoms with E-state index in [1.165, 1.54) is 0 Å². The van der Waals surface area contributed by atoms with Gasteiger partial charge in [0.2, 0.25) is 0 Å². The predicted molar refractivity (Wildman–Crippen MR) is 198 cm³/mol. The summed E-state index contributed by atoms with van der Waals surface area (Å²) >= 11 is 0. The second-order valence-corrected chi connectivity index (χ2v) is 17.1. The number of aliphatic hydroxyl groups is 1. The molecule has 2 aromatic carbocycles. The van der Waals surface area contributed by atoms with E-state index in [1.54, 1.807) is 21.3 Å². The monoisotopic (exact) mass is 713 g/mol. The second-order valence-electron chi connectivity index (χ2n) is 14.0. The zero-order chi connectivity index (χ0) is 37.0. The fraction of sp³-hybridized carbons (Fsp3) is 0.615. The minimum absolute atomic E-state index is 0.0820. The molecular weight excluding hydrogens is 655 g/mol. The highest BCUT2D eigenvalue weighted by Gasteiger charge is 2.46. The molecule has 1 N–H and O–H groups in total. The van der Waals surface area contributed by atoms with Gasteiger partial charge in [-0.1, -0.05) is 70.5 Å². The molecule has 4 atom stereocenters. The van der Waals surface area contributed by atoms with E-state index in [1.807, 2.05) is 52.0 Å². The van der Waals surface area contributed by atoms with Crippen LogP contribution in [-0.4, -0.2) is 77.3 Å². The van der Waals surface area contributed by atoms with E-state index in [2.05, 4.69) is 35.8 Å². The van der Waals surface area contributed by atoms with Gasteiger partial charge in [0.05, 0.1) is 24.5 Å². The Morgan fingerprint density at radius 3 is 1.94 bits per heavy atom. The lowest BCUT2D eigenvalue weighted by molar-refractivity contribution is -0.159. The van der Waals surface area contributed by atoms with Crippen LogP contribution < -0.4 is 0 Å². The van der Waals surface area contributed by atoms with Gasteiger partial charge in [0, 0.05) is 67.1 Å². The number of ether oxygens (including phenoxy) is 2. The molecule has 0 aliphatic carbocycles. The first-order valence-corrected chi connectivity index (χ1v) is 19.9. The van der Waals surface area contributed by atoms with Gasteiger partial charge in [-0.2, -0.15) is 0 Å². The van der Waals surface area contributed by atoms with Crippen LogP contribution in [0, 0.1) is 16.7 Å². The van der Waals surface area contributed by atoms with Crippen LogP contribution in [0.15, 0.2) is 48.5 Å². The van der Waals surface area contributed by atoms with Crippen molar-refractivity contribution in [2.45, 2.75) is 98.1 Å². The Labute approximate surface area is 299 Å². The second kappa shape index (κ2) is 18.9. The smallest absolute Gasteiger partial charge is 0.465 e. The van der Waals surface area contributed by atoms with E-state index in [-0.39, 0.29) is 37.6 Å². The topological polar surface area (TPSA) is 123 Å². The summed E-state index contributed by atoms with van der Waals surface area (Å²) < 4.78 is 30.3. The highest BCUT2D eigenvalue weighted by molar-refractivity contribution is 6.60. The van der Waals surface area contributed by atoms with Crippen LogP contribution in [0.1, 0.15) is 92.0 Å². The lowest BCUT2D eigenvalue weighted by Crippen LogP contribution is -2.43. The normalized spacial score (nSPS) is 15.7. The molecule has 0 fully saturated rings. The molecule has 10 nitrogen and oxygen atoms in total. The van der Waals surface area contributed by atoms with Crippen molar-refractivity contribution >= 4 is 48.3 Å². The van der Waals surface area contributed by atoms with Crippen molar-refractivity contribution in [2.75, 3.05) is 41.2 Å². The van der Waals surface area contributed by atoms with Gasteiger partial charge in [-0.15, -0.1) is 0 Å². The third-order valence-electron chi connectivity index (χ3n) is 10.3. The fourth-order valence-corrected chi connectivity index (χ4v) is 8.96. The lowest BCUT2D eigenvalue weighted by atomic mass is 9.66. The highest BCUT2D eigenvalue weighted by Crippen LogP contribution is 2.47. The number of rotatable bonds is 23. The van der Waals surface area contributed by atoms with E-state index in [0.717, 1.165) is 34.6 Å². The minimum atomic E-state index is -2.86. The Hall–Kier alpha value is -3.09. The summed E-state index contributed by atoms with van der Waals surface area (Å²) in [6.45, 7) is 9.55. The number of nitrogens with zero attached hydrogens (tertiary/aromatic N) is 1. The van der Waals surface area contributed by atoms with Crippen LogP contribution in [0.2, 0.25) is 6.04 Å². The van der Waals surface area contributed by atoms with E-state index in [4.69, 9.17) is 22.8 Å². The first-order valence-electron chi connectivity index (χ1n) is 18.0. The third kappa shape index (κ3) is 9.82. The molecule has 0 radical (unpaired) electrons. The largest absolute Gasteiger partial charge is 0.500 e. The summed E-state index contributed by atoms with van der Waals surface area (Å²) in [6, 6.07) is 16.4. The number of unbranched alkanes of at least 4 members (excludes halogenated alkanes) is 1. The molecule has 0 saturated carbocycles. The number of carbonyl (C=O) groups is 3. The Bertz CT molecular complexity index is 1490. The summed E-state index contributed by atoms with van der Waals surface area (Å²) in [5.74, 6) is -1.19. The van der Waals surface area contributed by atoms with Crippen LogP contribution in [0.3, 0.4) is 0 Å². The van der Waals surface area contributed by atoms with Crippen molar-refractivity contribution < 1.29 is 42.2 Å². The molecule has 0 aliphatic rings. The number of hydrogen-bond donors (Lipinski definition) is 1. The first-order chi connectivity index (χ1) is 23.9. The predicted octanol–water partition coefficient (Wildman–Crippen LogP) is 7.67. The summed E-state index contributed by atoms with van der Waals surface area (Å²) in [7, 11) is 1.80. The van der Waals surface area contributed by atoms with Gasteiger partial charge in [-0.25, -0.2) is 0 Å². The average molecular weight is 714 g/mol. The van der Waals surface area contributed by atoms with Crippen molar-refractivity contribution in [1.82, 2.24) is 4.57 Å².